The van der Waals surface area contributed by atoms with Crippen molar-refractivity contribution in [3.05, 3.63) is 77.9 Å². The van der Waals surface area contributed by atoms with E-state index in [0.717, 1.165) is 5.56 Å². The van der Waals surface area contributed by atoms with Crippen LogP contribution in [0.4, 0.5) is 0 Å². The van der Waals surface area contributed by atoms with Crippen LogP contribution in [0.3, 0.4) is 0 Å². The third-order valence-corrected chi connectivity index (χ3v) is 6.33. The largest absolute Gasteiger partial charge is 0.497 e. The molecular weight excluding hydrogens is 416 g/mol. The third-order valence-electron chi connectivity index (χ3n) is 4.66. The molecule has 1 aromatic heterocycles. The van der Waals surface area contributed by atoms with Crippen molar-refractivity contribution >= 4 is 15.9 Å². The van der Waals surface area contributed by atoms with Crippen LogP contribution in [0, 0.1) is 0 Å². The van der Waals surface area contributed by atoms with E-state index >= 15 is 0 Å². The summed E-state index contributed by atoms with van der Waals surface area (Å²) in [6.45, 7) is 3.49. The average molecular weight is 443 g/mol. The zero-order valence-corrected chi connectivity index (χ0v) is 18.7. The summed E-state index contributed by atoms with van der Waals surface area (Å²) in [5, 5.41) is 2.99. The molecule has 2 N–H and O–H groups in total. The Kier molecular flexibility index (Phi) is 6.77. The maximum absolute atomic E-state index is 13.0. The molecule has 0 saturated carbocycles. The molecule has 3 aromatic rings. The highest BCUT2D eigenvalue weighted by Gasteiger charge is 2.22. The number of sulfonamides is 1. The van der Waals surface area contributed by atoms with Gasteiger partial charge >= 0.3 is 0 Å². The Labute approximate surface area is 182 Å². The molecule has 164 valence electrons. The summed E-state index contributed by atoms with van der Waals surface area (Å²) in [5.41, 5.74) is 1.18. The molecule has 0 saturated heterocycles. The van der Waals surface area contributed by atoms with Gasteiger partial charge in [0.05, 0.1) is 12.0 Å². The van der Waals surface area contributed by atoms with E-state index in [1.54, 1.807) is 33.4 Å². The fourth-order valence-electron chi connectivity index (χ4n) is 3.13. The van der Waals surface area contributed by atoms with E-state index in [9.17, 15) is 13.2 Å². The van der Waals surface area contributed by atoms with Crippen LogP contribution in [-0.4, -0.2) is 37.0 Å². The first-order chi connectivity index (χ1) is 14.7. The number of aryl methyl sites for hydroxylation is 1. The van der Waals surface area contributed by atoms with Gasteiger partial charge in [0.1, 0.15) is 17.6 Å². The van der Waals surface area contributed by atoms with E-state index in [4.69, 9.17) is 4.74 Å². The second-order valence-electron chi connectivity index (χ2n) is 7.38. The van der Waals surface area contributed by atoms with Crippen LogP contribution in [0.2, 0.25) is 0 Å². The van der Waals surface area contributed by atoms with Crippen LogP contribution < -0.4 is 14.8 Å². The van der Waals surface area contributed by atoms with Crippen LogP contribution in [0.5, 0.6) is 5.75 Å². The summed E-state index contributed by atoms with van der Waals surface area (Å²) in [7, 11) is -0.178. The highest BCUT2D eigenvalue weighted by atomic mass is 32.2. The van der Waals surface area contributed by atoms with E-state index in [2.05, 4.69) is 15.0 Å². The monoisotopic (exact) mass is 442 g/mol. The summed E-state index contributed by atoms with van der Waals surface area (Å²) in [4.78, 5) is 17.4. The molecule has 8 nitrogen and oxygen atoms in total. The van der Waals surface area contributed by atoms with Gasteiger partial charge in [-0.3, -0.25) is 4.79 Å². The lowest BCUT2D eigenvalue weighted by molar-refractivity contribution is 0.0941. The number of carbonyl (C=O) groups is 1. The number of nitrogens with zero attached hydrogens (tertiary/aromatic N) is 2. The molecule has 0 aliphatic heterocycles. The Morgan fingerprint density at radius 1 is 1.06 bits per heavy atom. The molecule has 1 atom stereocenters. The van der Waals surface area contributed by atoms with Crippen LogP contribution in [0.15, 0.2) is 65.8 Å². The van der Waals surface area contributed by atoms with E-state index in [1.807, 2.05) is 35.9 Å². The van der Waals surface area contributed by atoms with Crippen molar-refractivity contribution in [2.45, 2.75) is 30.8 Å². The van der Waals surface area contributed by atoms with Crippen molar-refractivity contribution in [3.63, 3.8) is 0 Å². The van der Waals surface area contributed by atoms with E-state index < -0.39 is 16.1 Å². The van der Waals surface area contributed by atoms with Gasteiger partial charge in [-0.15, -0.1) is 0 Å². The lowest BCUT2D eigenvalue weighted by atomic mass is 10.0. The molecular formula is C22H26N4O4S. The minimum Gasteiger partial charge on any atom is -0.497 e. The number of hydrogen-bond acceptors (Lipinski definition) is 5. The fourth-order valence-corrected chi connectivity index (χ4v) is 4.38. The predicted molar refractivity (Wildman–Crippen MR) is 117 cm³/mol. The summed E-state index contributed by atoms with van der Waals surface area (Å²) < 4.78 is 34.2. The first-order valence-corrected chi connectivity index (χ1v) is 11.2. The van der Waals surface area contributed by atoms with Crippen LogP contribution in [-0.2, 0) is 17.1 Å². The summed E-state index contributed by atoms with van der Waals surface area (Å²) in [6.07, 6.45) is 3.47. The molecule has 31 heavy (non-hydrogen) atoms. The number of benzene rings is 2. The average Bonchev–Trinajstić information content (AvgIpc) is 3.16. The third kappa shape index (κ3) is 5.31. The van der Waals surface area contributed by atoms with Gasteiger partial charge in [0.25, 0.3) is 5.91 Å². The van der Waals surface area contributed by atoms with Gasteiger partial charge in [-0.05, 0) is 55.8 Å². The summed E-state index contributed by atoms with van der Waals surface area (Å²) in [5.74, 6) is 1.03. The Morgan fingerprint density at radius 2 is 1.71 bits per heavy atom. The number of carbonyl (C=O) groups excluding carboxylic acids is 1. The normalized spacial score (nSPS) is 12.5. The number of nitrogens with one attached hydrogen (secondary N) is 2. The van der Waals surface area contributed by atoms with Gasteiger partial charge in [0, 0.05) is 31.0 Å². The highest BCUT2D eigenvalue weighted by molar-refractivity contribution is 7.89. The number of amides is 1. The molecule has 0 spiro atoms. The van der Waals surface area contributed by atoms with Gasteiger partial charge in [-0.1, -0.05) is 12.1 Å². The Morgan fingerprint density at radius 3 is 2.23 bits per heavy atom. The Balaban J connectivity index is 1.86. The number of rotatable bonds is 8. The van der Waals surface area contributed by atoms with Gasteiger partial charge in [0.2, 0.25) is 10.0 Å². The van der Waals surface area contributed by atoms with E-state index in [1.165, 1.54) is 24.3 Å². The number of hydrogen-bond donors (Lipinski definition) is 2. The fraction of sp³-hybridized carbons (Fsp3) is 0.273. The lowest BCUT2D eigenvalue weighted by Gasteiger charge is -2.19. The van der Waals surface area contributed by atoms with Crippen LogP contribution in [0.25, 0.3) is 0 Å². The van der Waals surface area contributed by atoms with Crippen molar-refractivity contribution in [3.8, 4) is 5.75 Å². The zero-order valence-electron chi connectivity index (χ0n) is 17.9. The van der Waals surface area contributed by atoms with Gasteiger partial charge in [-0.2, -0.15) is 0 Å². The van der Waals surface area contributed by atoms with E-state index in [0.29, 0.717) is 17.1 Å². The Hall–Kier alpha value is -3.17. The molecule has 1 amide bonds. The second kappa shape index (κ2) is 9.32. The number of aromatic nitrogens is 2. The topological polar surface area (TPSA) is 102 Å². The molecule has 1 heterocycles. The molecule has 0 fully saturated rings. The van der Waals surface area contributed by atoms with Crippen molar-refractivity contribution in [1.82, 2.24) is 19.6 Å². The first kappa shape index (κ1) is 22.5. The minimum atomic E-state index is -3.62. The molecule has 0 radical (unpaired) electrons. The van der Waals surface area contributed by atoms with Gasteiger partial charge < -0.3 is 14.6 Å². The quantitative estimate of drug-likeness (QED) is 0.558. The van der Waals surface area contributed by atoms with Crippen LogP contribution in [0.1, 0.15) is 41.6 Å². The van der Waals surface area contributed by atoms with Gasteiger partial charge in [-0.25, -0.2) is 18.1 Å². The molecule has 0 unspecified atom stereocenters. The molecule has 2 aromatic carbocycles. The highest BCUT2D eigenvalue weighted by Crippen LogP contribution is 2.23. The number of methoxy groups -OCH3 is 1. The zero-order chi connectivity index (χ0) is 22.6. The van der Waals surface area contributed by atoms with Crippen molar-refractivity contribution in [2.24, 2.45) is 7.05 Å². The predicted octanol–water partition coefficient (Wildman–Crippen LogP) is 2.63. The smallest absolute Gasteiger partial charge is 0.252 e. The molecule has 0 aliphatic rings. The maximum Gasteiger partial charge on any atom is 0.252 e. The summed E-state index contributed by atoms with van der Waals surface area (Å²) >= 11 is 0. The number of imidazole rings is 1. The lowest BCUT2D eigenvalue weighted by Crippen LogP contribution is -2.31. The van der Waals surface area contributed by atoms with Crippen molar-refractivity contribution in [2.75, 3.05) is 7.11 Å². The maximum atomic E-state index is 13.0. The van der Waals surface area contributed by atoms with Crippen LogP contribution >= 0.6 is 0 Å². The first-order valence-electron chi connectivity index (χ1n) is 9.75. The van der Waals surface area contributed by atoms with E-state index in [-0.39, 0.29) is 16.8 Å². The van der Waals surface area contributed by atoms with Crippen molar-refractivity contribution in [1.29, 1.82) is 0 Å². The minimum absolute atomic E-state index is 0.105. The Bertz CT molecular complexity index is 1140. The standard InChI is InChI=1S/C22H26N4O4S/c1-15(2)25-31(28,29)19-11-7-17(8-12-19)22(27)24-20(21-23-13-14-26(21)3)16-5-9-18(30-4)10-6-16/h5-15,20,25H,1-4H3,(H,24,27)/t20-/m1/s1. The SMILES string of the molecule is COc1ccc([C@@H](NC(=O)c2ccc(S(=O)(=O)NC(C)C)cc2)c2nccn2C)cc1. The molecule has 0 aliphatic carbocycles. The molecule has 3 rings (SSSR count). The second-order valence-corrected chi connectivity index (χ2v) is 9.09. The molecule has 9 heteroatoms. The molecule has 0 bridgehead atoms. The number of ether oxygens (including phenoxy) is 1. The van der Waals surface area contributed by atoms with Gasteiger partial charge in [0.15, 0.2) is 0 Å². The van der Waals surface area contributed by atoms with Crippen molar-refractivity contribution < 1.29 is 17.9 Å². The summed E-state index contributed by atoms with van der Waals surface area (Å²) in [6, 6.07) is 12.5.